The molecule has 0 N–H and O–H groups in total. The van der Waals surface area contributed by atoms with Crippen molar-refractivity contribution in [2.24, 2.45) is 0 Å². The summed E-state index contributed by atoms with van der Waals surface area (Å²) in [5, 5.41) is 0. The summed E-state index contributed by atoms with van der Waals surface area (Å²) in [5.74, 6) is 0. The monoisotopic (exact) mass is 508 g/mol. The van der Waals surface area contributed by atoms with Gasteiger partial charge in [-0.15, -0.1) is 0 Å². The second-order valence-corrected chi connectivity index (χ2v) is 129. The van der Waals surface area contributed by atoms with Crippen molar-refractivity contribution in [3.05, 3.63) is 0 Å². The smallest absolute Gasteiger partial charge is 0.0243 e. The summed E-state index contributed by atoms with van der Waals surface area (Å²) in [6.45, 7) is 9.62. The maximum absolute atomic E-state index is 4.42. The Bertz CT molecular complexity index is 419. The van der Waals surface area contributed by atoms with Crippen LogP contribution in [0.3, 0.4) is 0 Å². The molecule has 2 heterocycles. The van der Waals surface area contributed by atoms with Crippen LogP contribution in [0.5, 0.6) is 0 Å². The lowest BCUT2D eigenvalue weighted by Crippen LogP contribution is -2.88. The van der Waals surface area contributed by atoms with Crippen molar-refractivity contribution in [2.45, 2.75) is 26.2 Å². The molecule has 16 heteroatoms. The highest BCUT2D eigenvalue weighted by Gasteiger charge is 2.74. The van der Waals surface area contributed by atoms with Gasteiger partial charge in [0.25, 0.3) is 0 Å². The van der Waals surface area contributed by atoms with Gasteiger partial charge in [0, 0.05) is 117 Å². The molecule has 0 spiro atoms. The zero-order valence-electron chi connectivity index (χ0n) is 12.0. The van der Waals surface area contributed by atoms with E-state index in [4.69, 9.17) is 0 Å². The summed E-state index contributed by atoms with van der Waals surface area (Å²) in [5.41, 5.74) is 0. The average molecular weight is 510 g/mol. The molecular weight excluding hydrogens is 497 g/mol. The summed E-state index contributed by atoms with van der Waals surface area (Å²) in [4.78, 5) is 0. The highest BCUT2D eigenvalue weighted by atomic mass is 30.7. The predicted octanol–water partition coefficient (Wildman–Crippen LogP) is -3.76. The van der Waals surface area contributed by atoms with Crippen LogP contribution in [0.25, 0.3) is 0 Å². The lowest BCUT2D eigenvalue weighted by Gasteiger charge is -2.53. The average Bonchev–Trinajstić information content (AvgIpc) is 2.39. The zero-order chi connectivity index (χ0) is 16.2. The zero-order valence-corrected chi connectivity index (χ0v) is 28.0. The first kappa shape index (κ1) is 19.8. The van der Waals surface area contributed by atoms with Gasteiger partial charge < -0.3 is 0 Å². The highest BCUT2D eigenvalue weighted by molar-refractivity contribution is 8.42. The van der Waals surface area contributed by atoms with Gasteiger partial charge in [-0.3, -0.25) is 0 Å². The van der Waals surface area contributed by atoms with Crippen LogP contribution in [0.15, 0.2) is 0 Å². The van der Waals surface area contributed by atoms with E-state index < -0.39 is 52.6 Å². The topological polar surface area (TPSA) is 0 Å². The molecule has 0 fully saturated rings. The largest absolute Gasteiger partial charge is 0.0740 e. The van der Waals surface area contributed by atoms with E-state index in [2.05, 4.69) is 104 Å². The third kappa shape index (κ3) is 1.98. The molecule has 24 radical (unpaired) electrons. The van der Waals surface area contributed by atoms with Gasteiger partial charge in [0.1, 0.15) is 0 Å². The van der Waals surface area contributed by atoms with Crippen LogP contribution < -0.4 is 0 Å². The fraction of sp³-hybridized carbons (Fsp3) is 1.00. The minimum atomic E-state index is -1.51. The van der Waals surface area contributed by atoms with Crippen LogP contribution in [0.4, 0.5) is 0 Å². The lowest BCUT2D eigenvalue weighted by molar-refractivity contribution is 2.03. The molecule has 20 heavy (non-hydrogen) atoms. The van der Waals surface area contributed by atoms with Crippen molar-refractivity contribution in [1.82, 2.24) is 0 Å². The van der Waals surface area contributed by atoms with Gasteiger partial charge in [0.05, 0.1) is 0 Å². The van der Waals surface area contributed by atoms with Crippen molar-refractivity contribution >= 4 is 131 Å². The molecule has 0 saturated heterocycles. The minimum Gasteiger partial charge on any atom is -0.0740 e. The Morgan fingerprint density at radius 2 is 0.600 bits per heavy atom. The minimum absolute atomic E-state index is 0.410. The Morgan fingerprint density at radius 1 is 0.450 bits per heavy atom. The Labute approximate surface area is 155 Å². The molecule has 0 aromatic carbocycles. The third-order valence-corrected chi connectivity index (χ3v) is 284. The van der Waals surface area contributed by atoms with Crippen molar-refractivity contribution in [2.75, 3.05) is 0 Å². The maximum Gasteiger partial charge on any atom is 0.0243 e. The molecule has 2 aliphatic rings. The van der Waals surface area contributed by atoms with Crippen LogP contribution >= 0.6 is 0 Å². The molecule has 0 unspecified atom stereocenters. The standard InChI is InChI=1S/C4H12Si16/c1-15(2)17(5,6)13-14(18(15,7)8)20(11,12)16(3,4)19(13,9)10/h1-4H3. The number of hydrogen-bond donors (Lipinski definition) is 0. The fourth-order valence-electron chi connectivity index (χ4n) is 3.12. The van der Waals surface area contributed by atoms with Gasteiger partial charge in [-0.1, -0.05) is 40.0 Å². The predicted molar refractivity (Wildman–Crippen MR) is 116 cm³/mol. The first-order valence-electron chi connectivity index (χ1n) is 6.25. The Morgan fingerprint density at radius 3 is 0.750 bits per heavy atom. The summed E-state index contributed by atoms with van der Waals surface area (Å²) >= 11 is 0. The van der Waals surface area contributed by atoms with E-state index in [1.807, 2.05) is 0 Å². The first-order chi connectivity index (χ1) is 8.49. The van der Waals surface area contributed by atoms with Crippen molar-refractivity contribution in [3.63, 3.8) is 0 Å². The van der Waals surface area contributed by atoms with E-state index in [1.54, 1.807) is 0 Å². The molecule has 0 aromatic heterocycles. The van der Waals surface area contributed by atoms with E-state index in [1.165, 1.54) is 0 Å². The molecule has 0 aromatic rings. The van der Waals surface area contributed by atoms with E-state index >= 15 is 0 Å². The third-order valence-electron chi connectivity index (χ3n) is 5.50. The van der Waals surface area contributed by atoms with E-state index in [0.29, 0.717) is 0 Å². The van der Waals surface area contributed by atoms with Gasteiger partial charge in [0.2, 0.25) is 0 Å². The molecule has 0 amide bonds. The second-order valence-electron chi connectivity index (χ2n) is 7.00. The van der Waals surface area contributed by atoms with Crippen molar-refractivity contribution in [1.29, 1.82) is 0 Å². The molecule has 2 rings (SSSR count). The fourth-order valence-corrected chi connectivity index (χ4v) is 597. The summed E-state index contributed by atoms with van der Waals surface area (Å²) in [6, 6.07) is 0. The molecule has 0 bridgehead atoms. The van der Waals surface area contributed by atoms with E-state index in [0.717, 1.165) is 0 Å². The Hall–Kier alpha value is 3.47. The molecule has 2 aliphatic heterocycles. The molecule has 0 nitrogen and oxygen atoms in total. The van der Waals surface area contributed by atoms with Crippen LogP contribution in [0.2, 0.25) is 26.2 Å². The van der Waals surface area contributed by atoms with Gasteiger partial charge >= 0.3 is 0 Å². The summed E-state index contributed by atoms with van der Waals surface area (Å²) in [7, 11) is 32.7. The molecule has 0 saturated carbocycles. The maximum atomic E-state index is 4.42. The normalized spacial score (nSPS) is 34.2. The van der Waals surface area contributed by atoms with Crippen LogP contribution in [0.1, 0.15) is 0 Å². The SMILES string of the molecule is C[Si]1(C)[Si]([Si])([Si])[Si]2=[Si]([Si]1([Si])[Si])[Si]([Si])([Si])[Si](C)(C)[Si]2([Si])[Si]. The molecular formula is C4H12Si16. The van der Waals surface area contributed by atoms with Crippen LogP contribution in [0, 0.1) is 0 Å². The highest BCUT2D eigenvalue weighted by Crippen LogP contribution is 2.40. The van der Waals surface area contributed by atoms with Crippen LogP contribution in [-0.2, 0) is 0 Å². The first-order valence-corrected chi connectivity index (χ1v) is 44.2. The summed E-state index contributed by atoms with van der Waals surface area (Å²) in [6.07, 6.45) is -6.05. The summed E-state index contributed by atoms with van der Waals surface area (Å²) < 4.78 is 0. The van der Waals surface area contributed by atoms with E-state index in [-0.39, 0.29) is 0 Å². The van der Waals surface area contributed by atoms with Crippen molar-refractivity contribution in [3.8, 4) is 0 Å². The molecule has 0 atom stereocenters. The van der Waals surface area contributed by atoms with Gasteiger partial charge in [0.15, 0.2) is 0 Å². The number of hydrogen-bond acceptors (Lipinski definition) is 0. The lowest BCUT2D eigenvalue weighted by atomic mass is 11.9. The van der Waals surface area contributed by atoms with Crippen LogP contribution in [-0.4, -0.2) is 131 Å². The van der Waals surface area contributed by atoms with Gasteiger partial charge in [-0.25, -0.2) is 0 Å². The number of rotatable bonds is 0. The van der Waals surface area contributed by atoms with Crippen molar-refractivity contribution < 1.29 is 0 Å². The molecule has 92 valence electrons. The Kier molecular flexibility index (Phi) is 4.96. The molecule has 0 aliphatic carbocycles. The second kappa shape index (κ2) is 5.01. The van der Waals surface area contributed by atoms with Gasteiger partial charge in [-0.05, 0) is 0 Å². The quantitative estimate of drug-likeness (QED) is 0.295. The Balaban J connectivity index is 2.90. The van der Waals surface area contributed by atoms with Gasteiger partial charge in [-0.2, -0.15) is 0 Å². The van der Waals surface area contributed by atoms with E-state index in [9.17, 15) is 0 Å².